The summed E-state index contributed by atoms with van der Waals surface area (Å²) in [5.41, 5.74) is -0.0823. The number of hydrogen-bond donors (Lipinski definition) is 1. The van der Waals surface area contributed by atoms with Crippen LogP contribution in [0.1, 0.15) is 15.9 Å². The maximum absolute atomic E-state index is 12.6. The first-order valence-corrected chi connectivity index (χ1v) is 7.51. The zero-order valence-corrected chi connectivity index (χ0v) is 14.1. The SMILES string of the molecule is COc1cccc(NC(=O)[C@@H](C#N)C(=O)c2cccc(C)c2[N+](=O)[O-])c1. The molecule has 0 spiro atoms. The molecule has 0 saturated carbocycles. The average Bonchev–Trinajstić information content (AvgIpc) is 2.61. The molecule has 0 radical (unpaired) electrons. The minimum Gasteiger partial charge on any atom is -0.497 e. The van der Waals surface area contributed by atoms with Crippen LogP contribution in [0.3, 0.4) is 0 Å². The first-order valence-electron chi connectivity index (χ1n) is 7.51. The van der Waals surface area contributed by atoms with Crippen LogP contribution in [0.5, 0.6) is 5.75 Å². The van der Waals surface area contributed by atoms with Crippen LogP contribution in [0.25, 0.3) is 0 Å². The van der Waals surface area contributed by atoms with Crippen LogP contribution in [-0.2, 0) is 4.79 Å². The fourth-order valence-corrected chi connectivity index (χ4v) is 2.41. The Morgan fingerprint density at radius 1 is 1.27 bits per heavy atom. The highest BCUT2D eigenvalue weighted by Gasteiger charge is 2.33. The topological polar surface area (TPSA) is 122 Å². The predicted molar refractivity (Wildman–Crippen MR) is 92.9 cm³/mol. The van der Waals surface area contributed by atoms with Gasteiger partial charge in [-0.3, -0.25) is 19.7 Å². The van der Waals surface area contributed by atoms with E-state index < -0.39 is 28.2 Å². The van der Waals surface area contributed by atoms with Gasteiger partial charge in [-0.05, 0) is 25.1 Å². The van der Waals surface area contributed by atoms with Gasteiger partial charge in [-0.15, -0.1) is 0 Å². The van der Waals surface area contributed by atoms with E-state index >= 15 is 0 Å². The summed E-state index contributed by atoms with van der Waals surface area (Å²) in [4.78, 5) is 35.5. The molecule has 0 aliphatic heterocycles. The Morgan fingerprint density at radius 2 is 1.96 bits per heavy atom. The summed E-state index contributed by atoms with van der Waals surface area (Å²) in [6.45, 7) is 1.48. The second-order valence-corrected chi connectivity index (χ2v) is 5.38. The number of carbonyl (C=O) groups is 2. The number of anilines is 1. The molecule has 0 aliphatic rings. The van der Waals surface area contributed by atoms with Gasteiger partial charge in [0.05, 0.1) is 23.7 Å². The van der Waals surface area contributed by atoms with E-state index in [1.807, 2.05) is 0 Å². The normalized spacial score (nSPS) is 11.1. The van der Waals surface area contributed by atoms with Crippen LogP contribution in [0, 0.1) is 34.3 Å². The van der Waals surface area contributed by atoms with E-state index in [1.165, 1.54) is 38.3 Å². The second-order valence-electron chi connectivity index (χ2n) is 5.38. The zero-order chi connectivity index (χ0) is 19.3. The summed E-state index contributed by atoms with van der Waals surface area (Å²) in [5.74, 6) is -3.04. The van der Waals surface area contributed by atoms with E-state index in [0.717, 1.165) is 0 Å². The van der Waals surface area contributed by atoms with E-state index in [0.29, 0.717) is 11.4 Å². The summed E-state index contributed by atoms with van der Waals surface area (Å²) in [7, 11) is 1.46. The van der Waals surface area contributed by atoms with Crippen molar-refractivity contribution in [2.45, 2.75) is 6.92 Å². The first-order chi connectivity index (χ1) is 12.4. The lowest BCUT2D eigenvalue weighted by atomic mass is 9.95. The number of hydrogen-bond acceptors (Lipinski definition) is 6. The highest BCUT2D eigenvalue weighted by atomic mass is 16.6. The Labute approximate surface area is 149 Å². The Hall–Kier alpha value is -3.73. The molecule has 0 bridgehead atoms. The Balaban J connectivity index is 2.32. The van der Waals surface area contributed by atoms with Crippen LogP contribution < -0.4 is 10.1 Å². The number of aryl methyl sites for hydroxylation is 1. The standard InChI is InChI=1S/C18H15N3O5/c1-11-5-3-8-14(16(11)21(24)25)17(22)15(10-19)18(23)20-12-6-4-7-13(9-12)26-2/h3-9,15H,1-2H3,(H,20,23)/t15-/m0/s1. The summed E-state index contributed by atoms with van der Waals surface area (Å²) < 4.78 is 5.04. The molecular weight excluding hydrogens is 338 g/mol. The van der Waals surface area contributed by atoms with Crippen LogP contribution >= 0.6 is 0 Å². The molecule has 8 heteroatoms. The highest BCUT2D eigenvalue weighted by Crippen LogP contribution is 2.26. The molecule has 132 valence electrons. The van der Waals surface area contributed by atoms with Crippen molar-refractivity contribution in [1.29, 1.82) is 5.26 Å². The number of nitro groups is 1. The molecule has 8 nitrogen and oxygen atoms in total. The van der Waals surface area contributed by atoms with Gasteiger partial charge >= 0.3 is 0 Å². The number of nitriles is 1. The number of rotatable bonds is 6. The van der Waals surface area contributed by atoms with E-state index in [4.69, 9.17) is 4.74 Å². The number of ether oxygens (including phenoxy) is 1. The number of methoxy groups -OCH3 is 1. The number of carbonyl (C=O) groups excluding carboxylic acids is 2. The molecule has 2 aromatic carbocycles. The van der Waals surface area contributed by atoms with E-state index in [-0.39, 0.29) is 11.1 Å². The maximum atomic E-state index is 12.6. The lowest BCUT2D eigenvalue weighted by Crippen LogP contribution is -2.29. The fraction of sp³-hybridized carbons (Fsp3) is 0.167. The average molecular weight is 353 g/mol. The van der Waals surface area contributed by atoms with Crippen molar-refractivity contribution in [1.82, 2.24) is 0 Å². The van der Waals surface area contributed by atoms with Gasteiger partial charge < -0.3 is 10.1 Å². The third kappa shape index (κ3) is 3.84. The van der Waals surface area contributed by atoms with Gasteiger partial charge in [0.2, 0.25) is 5.91 Å². The quantitative estimate of drug-likeness (QED) is 0.369. The van der Waals surface area contributed by atoms with Crippen molar-refractivity contribution < 1.29 is 19.2 Å². The number of nitro benzene ring substituents is 1. The van der Waals surface area contributed by atoms with Gasteiger partial charge in [-0.2, -0.15) is 5.26 Å². The monoisotopic (exact) mass is 353 g/mol. The lowest BCUT2D eigenvalue weighted by molar-refractivity contribution is -0.385. The van der Waals surface area contributed by atoms with Gasteiger partial charge in [0.25, 0.3) is 5.69 Å². The molecule has 0 saturated heterocycles. The van der Waals surface area contributed by atoms with Crippen molar-refractivity contribution in [3.05, 3.63) is 63.7 Å². The number of benzene rings is 2. The fourth-order valence-electron chi connectivity index (χ4n) is 2.41. The molecule has 2 rings (SSSR count). The van der Waals surface area contributed by atoms with Crippen molar-refractivity contribution in [3.8, 4) is 11.8 Å². The summed E-state index contributed by atoms with van der Waals surface area (Å²) in [6, 6.07) is 12.2. The zero-order valence-electron chi connectivity index (χ0n) is 14.1. The molecule has 0 aromatic heterocycles. The number of amides is 1. The summed E-state index contributed by atoms with van der Waals surface area (Å²) >= 11 is 0. The number of ketones is 1. The first kappa shape index (κ1) is 18.6. The van der Waals surface area contributed by atoms with Crippen LogP contribution in [0.15, 0.2) is 42.5 Å². The van der Waals surface area contributed by atoms with E-state index in [2.05, 4.69) is 5.32 Å². The van der Waals surface area contributed by atoms with Gasteiger partial charge in [-0.1, -0.05) is 18.2 Å². The smallest absolute Gasteiger partial charge is 0.283 e. The van der Waals surface area contributed by atoms with Crippen molar-refractivity contribution in [2.75, 3.05) is 12.4 Å². The number of Topliss-reactive ketones (excluding diaryl/α,β-unsaturated/α-hetero) is 1. The molecule has 1 N–H and O–H groups in total. The second kappa shape index (κ2) is 7.90. The molecule has 0 unspecified atom stereocenters. The van der Waals surface area contributed by atoms with Crippen molar-refractivity contribution in [2.24, 2.45) is 5.92 Å². The largest absolute Gasteiger partial charge is 0.497 e. The molecule has 26 heavy (non-hydrogen) atoms. The molecular formula is C18H15N3O5. The summed E-state index contributed by atoms with van der Waals surface area (Å²) in [5, 5.41) is 23.0. The van der Waals surface area contributed by atoms with Gasteiger partial charge in [0.1, 0.15) is 5.75 Å². The van der Waals surface area contributed by atoms with Crippen LogP contribution in [-0.4, -0.2) is 23.7 Å². The van der Waals surface area contributed by atoms with Gasteiger partial charge in [-0.25, -0.2) is 0 Å². The Morgan fingerprint density at radius 3 is 2.58 bits per heavy atom. The number of nitrogens with one attached hydrogen (secondary N) is 1. The minimum atomic E-state index is -1.72. The molecule has 0 heterocycles. The van der Waals surface area contributed by atoms with Crippen molar-refractivity contribution >= 4 is 23.1 Å². The molecule has 0 fully saturated rings. The molecule has 1 atom stereocenters. The lowest BCUT2D eigenvalue weighted by Gasteiger charge is -2.11. The van der Waals surface area contributed by atoms with E-state index in [1.54, 1.807) is 24.3 Å². The number of para-hydroxylation sites is 1. The molecule has 1 amide bonds. The Bertz CT molecular complexity index is 917. The van der Waals surface area contributed by atoms with Crippen molar-refractivity contribution in [3.63, 3.8) is 0 Å². The molecule has 2 aromatic rings. The minimum absolute atomic E-state index is 0.269. The Kier molecular flexibility index (Phi) is 5.65. The van der Waals surface area contributed by atoms with Crippen LogP contribution in [0.4, 0.5) is 11.4 Å². The van der Waals surface area contributed by atoms with Gasteiger partial charge in [0, 0.05) is 17.3 Å². The van der Waals surface area contributed by atoms with Gasteiger partial charge in [0.15, 0.2) is 11.7 Å². The number of nitrogens with zero attached hydrogens (tertiary/aromatic N) is 2. The maximum Gasteiger partial charge on any atom is 0.283 e. The third-order valence-electron chi connectivity index (χ3n) is 3.68. The van der Waals surface area contributed by atoms with Crippen LogP contribution in [0.2, 0.25) is 0 Å². The third-order valence-corrected chi connectivity index (χ3v) is 3.68. The highest BCUT2D eigenvalue weighted by molar-refractivity contribution is 6.17. The van der Waals surface area contributed by atoms with E-state index in [9.17, 15) is 25.0 Å². The predicted octanol–water partition coefficient (Wildman–Crippen LogP) is 2.87. The molecule has 0 aliphatic carbocycles. The summed E-state index contributed by atoms with van der Waals surface area (Å²) in [6.07, 6.45) is 0.